The molecule has 0 aliphatic rings. The molecule has 30 heavy (non-hydrogen) atoms. The maximum Gasteiger partial charge on any atom is 0.388 e. The lowest BCUT2D eigenvalue weighted by Crippen LogP contribution is -2.35. The summed E-state index contributed by atoms with van der Waals surface area (Å²) in [7, 11) is -4.71. The van der Waals surface area contributed by atoms with Crippen molar-refractivity contribution in [3.8, 4) is 11.8 Å². The fourth-order valence-corrected chi connectivity index (χ4v) is 3.05. The Hall–Kier alpha value is -3.69. The minimum Gasteiger partial charge on any atom is -0.478 e. The molecule has 2 rings (SSSR count). The van der Waals surface area contributed by atoms with Crippen molar-refractivity contribution in [3.05, 3.63) is 35.9 Å². The Balaban J connectivity index is 2.26. The van der Waals surface area contributed by atoms with Gasteiger partial charge in [0.25, 0.3) is 10.0 Å². The Morgan fingerprint density at radius 2 is 1.53 bits per heavy atom. The maximum atomic E-state index is 12.3. The average molecular weight is 454 g/mol. The molecule has 0 spiro atoms. The molecule has 0 radical (unpaired) electrons. The molecule has 162 valence electrons. The number of urea groups is 1. The molecule has 1 aromatic carbocycles. The van der Waals surface area contributed by atoms with Crippen LogP contribution in [0.4, 0.5) is 28.3 Å². The number of amides is 2. The standard InChI is InChI=1S/C14H10F4N4O7S/c15-11(16)28-8-5-9(29-12(17)18)20-13(19-8)21-14(25)22-30(26,27)7-4-2-1-3-6(7)10(23)24/h1-5,11-12H,(H,23,24)(H2,19,20,21,22,25). The van der Waals surface area contributed by atoms with Gasteiger partial charge in [-0.05, 0) is 12.1 Å². The molecule has 0 atom stereocenters. The van der Waals surface area contributed by atoms with Gasteiger partial charge in [-0.2, -0.15) is 27.5 Å². The lowest BCUT2D eigenvalue weighted by atomic mass is 10.2. The van der Waals surface area contributed by atoms with Crippen molar-refractivity contribution in [2.24, 2.45) is 0 Å². The van der Waals surface area contributed by atoms with E-state index in [1.165, 1.54) is 16.9 Å². The molecule has 0 bridgehead atoms. The molecule has 0 aliphatic heterocycles. The molecule has 2 aromatic rings. The van der Waals surface area contributed by atoms with E-state index in [0.29, 0.717) is 6.07 Å². The number of ether oxygens (including phenoxy) is 2. The summed E-state index contributed by atoms with van der Waals surface area (Å²) in [5.41, 5.74) is -0.644. The minimum absolute atomic E-state index is 0.473. The van der Waals surface area contributed by atoms with Crippen molar-refractivity contribution in [2.45, 2.75) is 18.1 Å². The van der Waals surface area contributed by atoms with Crippen LogP contribution < -0.4 is 19.5 Å². The van der Waals surface area contributed by atoms with Crippen molar-refractivity contribution in [1.29, 1.82) is 0 Å². The molecular weight excluding hydrogens is 444 g/mol. The van der Waals surface area contributed by atoms with Crippen molar-refractivity contribution < 1.29 is 50.1 Å². The summed E-state index contributed by atoms with van der Waals surface area (Å²) in [5.74, 6) is -4.46. The van der Waals surface area contributed by atoms with E-state index >= 15 is 0 Å². The van der Waals surface area contributed by atoms with Gasteiger partial charge < -0.3 is 14.6 Å². The van der Waals surface area contributed by atoms with Gasteiger partial charge >= 0.3 is 25.2 Å². The first-order chi connectivity index (χ1) is 14.0. The van der Waals surface area contributed by atoms with Gasteiger partial charge in [-0.1, -0.05) is 12.1 Å². The molecule has 0 unspecified atom stereocenters. The van der Waals surface area contributed by atoms with Crippen molar-refractivity contribution in [1.82, 2.24) is 14.7 Å². The van der Waals surface area contributed by atoms with Crippen LogP contribution in [0.1, 0.15) is 10.4 Å². The Morgan fingerprint density at radius 1 is 1.00 bits per heavy atom. The number of nitrogens with one attached hydrogen (secondary N) is 2. The summed E-state index contributed by atoms with van der Waals surface area (Å²) in [5, 5.41) is 10.7. The van der Waals surface area contributed by atoms with Gasteiger partial charge in [0, 0.05) is 0 Å². The lowest BCUT2D eigenvalue weighted by Gasteiger charge is -2.11. The van der Waals surface area contributed by atoms with Gasteiger partial charge in [-0.3, -0.25) is 5.32 Å². The van der Waals surface area contributed by atoms with E-state index < -0.39 is 63.4 Å². The van der Waals surface area contributed by atoms with Crippen molar-refractivity contribution in [2.75, 3.05) is 5.32 Å². The van der Waals surface area contributed by atoms with Crippen LogP contribution in [0, 0.1) is 0 Å². The summed E-state index contributed by atoms with van der Waals surface area (Å²) in [4.78, 5) is 28.9. The molecule has 3 N–H and O–H groups in total. The number of nitrogens with zero attached hydrogens (tertiary/aromatic N) is 2. The number of sulfonamides is 1. The lowest BCUT2D eigenvalue weighted by molar-refractivity contribution is -0.0579. The zero-order valence-electron chi connectivity index (χ0n) is 14.3. The Bertz CT molecular complexity index is 1020. The fourth-order valence-electron chi connectivity index (χ4n) is 1.94. The highest BCUT2D eigenvalue weighted by atomic mass is 32.2. The number of anilines is 1. The largest absolute Gasteiger partial charge is 0.478 e. The zero-order chi connectivity index (χ0) is 22.5. The van der Waals surface area contributed by atoms with Gasteiger partial charge in [0.1, 0.15) is 4.90 Å². The summed E-state index contributed by atoms with van der Waals surface area (Å²) < 4.78 is 83.1. The summed E-state index contributed by atoms with van der Waals surface area (Å²) >= 11 is 0. The second-order valence-corrected chi connectivity index (χ2v) is 6.64. The second kappa shape index (κ2) is 9.21. The number of carbonyl (C=O) groups is 2. The third kappa shape index (κ3) is 6.16. The van der Waals surface area contributed by atoms with E-state index in [-0.39, 0.29) is 0 Å². The van der Waals surface area contributed by atoms with Crippen LogP contribution in [-0.2, 0) is 10.0 Å². The van der Waals surface area contributed by atoms with Gasteiger partial charge in [0.2, 0.25) is 17.7 Å². The van der Waals surface area contributed by atoms with Gasteiger partial charge in [0.15, 0.2) is 0 Å². The molecule has 2 amide bonds. The normalized spacial score (nSPS) is 11.3. The minimum atomic E-state index is -4.71. The molecular formula is C14H10F4N4O7S. The number of aromatic nitrogens is 2. The van der Waals surface area contributed by atoms with Gasteiger partial charge in [-0.15, -0.1) is 0 Å². The first kappa shape index (κ1) is 22.6. The van der Waals surface area contributed by atoms with Crippen LogP contribution in [0.3, 0.4) is 0 Å². The predicted molar refractivity (Wildman–Crippen MR) is 88.0 cm³/mol. The van der Waals surface area contributed by atoms with Crippen LogP contribution in [0.15, 0.2) is 35.2 Å². The van der Waals surface area contributed by atoms with Crippen LogP contribution >= 0.6 is 0 Å². The molecule has 0 saturated heterocycles. The predicted octanol–water partition coefficient (Wildman–Crippen LogP) is 1.89. The van der Waals surface area contributed by atoms with E-state index in [0.717, 1.165) is 12.1 Å². The number of hydrogen-bond donors (Lipinski definition) is 3. The van der Waals surface area contributed by atoms with Crippen molar-refractivity contribution >= 4 is 28.0 Å². The number of benzene rings is 1. The molecule has 11 nitrogen and oxygen atoms in total. The number of carboxylic acids is 1. The van der Waals surface area contributed by atoms with Crippen LogP contribution in [0.2, 0.25) is 0 Å². The maximum absolute atomic E-state index is 12.3. The number of rotatable bonds is 8. The van der Waals surface area contributed by atoms with Gasteiger partial charge in [-0.25, -0.2) is 22.7 Å². The average Bonchev–Trinajstić information content (AvgIpc) is 2.59. The quantitative estimate of drug-likeness (QED) is 0.507. The summed E-state index contributed by atoms with van der Waals surface area (Å²) in [6.07, 6.45) is 0. The number of halogens is 4. The molecule has 0 aliphatic carbocycles. The monoisotopic (exact) mass is 454 g/mol. The number of hydrogen-bond acceptors (Lipinski definition) is 8. The SMILES string of the molecule is O=C(Nc1nc(OC(F)F)cc(OC(F)F)n1)NS(=O)(=O)c1ccccc1C(=O)O. The Morgan fingerprint density at radius 3 is 2.03 bits per heavy atom. The summed E-state index contributed by atoms with van der Waals surface area (Å²) in [6, 6.07) is 3.23. The van der Waals surface area contributed by atoms with E-state index in [2.05, 4.69) is 19.4 Å². The molecule has 16 heteroatoms. The van der Waals surface area contributed by atoms with E-state index in [4.69, 9.17) is 5.11 Å². The van der Waals surface area contributed by atoms with E-state index in [1.54, 1.807) is 5.32 Å². The molecule has 1 aromatic heterocycles. The highest BCUT2D eigenvalue weighted by Gasteiger charge is 2.24. The topological polar surface area (TPSA) is 157 Å². The third-order valence-electron chi connectivity index (χ3n) is 2.96. The zero-order valence-corrected chi connectivity index (χ0v) is 15.1. The smallest absolute Gasteiger partial charge is 0.388 e. The molecule has 1 heterocycles. The highest BCUT2D eigenvalue weighted by molar-refractivity contribution is 7.90. The van der Waals surface area contributed by atoms with Gasteiger partial charge in [0.05, 0.1) is 11.6 Å². The highest BCUT2D eigenvalue weighted by Crippen LogP contribution is 2.21. The van der Waals surface area contributed by atoms with Crippen LogP contribution in [-0.4, -0.2) is 48.7 Å². The van der Waals surface area contributed by atoms with Crippen LogP contribution in [0.5, 0.6) is 11.8 Å². The Kier molecular flexibility index (Phi) is 6.93. The first-order valence-electron chi connectivity index (χ1n) is 7.43. The summed E-state index contributed by atoms with van der Waals surface area (Å²) in [6.45, 7) is -6.82. The number of alkyl halides is 4. The molecule has 0 fully saturated rings. The molecule has 0 saturated carbocycles. The number of aromatic carboxylic acids is 1. The first-order valence-corrected chi connectivity index (χ1v) is 8.91. The Labute approximate surface area is 164 Å². The second-order valence-electron chi connectivity index (χ2n) is 4.99. The van der Waals surface area contributed by atoms with Crippen molar-refractivity contribution in [3.63, 3.8) is 0 Å². The van der Waals surface area contributed by atoms with E-state index in [9.17, 15) is 35.6 Å². The fraction of sp³-hybridized carbons (Fsp3) is 0.143. The van der Waals surface area contributed by atoms with Crippen LogP contribution in [0.25, 0.3) is 0 Å². The number of carboxylic acid groups (broad SMARTS) is 1. The third-order valence-corrected chi connectivity index (χ3v) is 4.35. The number of carbonyl (C=O) groups excluding carboxylic acids is 1. The van der Waals surface area contributed by atoms with E-state index in [1.807, 2.05) is 0 Å².